The number of nitrogens with one attached hydrogen (secondary N) is 2. The molecule has 1 aromatic rings. The monoisotopic (exact) mass is 659 g/mol. The van der Waals surface area contributed by atoms with E-state index in [1.165, 1.54) is 42.2 Å². The van der Waals surface area contributed by atoms with Crippen LogP contribution in [0.5, 0.6) is 0 Å². The first-order valence-electron chi connectivity index (χ1n) is 18.9. The molecule has 1 saturated carbocycles. The number of benzene rings is 1. The van der Waals surface area contributed by atoms with Crippen LogP contribution in [0.3, 0.4) is 0 Å². The van der Waals surface area contributed by atoms with Crippen molar-refractivity contribution in [3.8, 4) is 6.07 Å². The molecular formula is C39H61N7O2. The van der Waals surface area contributed by atoms with Gasteiger partial charge in [-0.05, 0) is 95.0 Å². The van der Waals surface area contributed by atoms with Crippen LogP contribution < -0.4 is 15.5 Å². The van der Waals surface area contributed by atoms with E-state index in [1.54, 1.807) is 0 Å². The van der Waals surface area contributed by atoms with Gasteiger partial charge in [-0.3, -0.25) is 20.3 Å². The first-order chi connectivity index (χ1) is 23.1. The zero-order chi connectivity index (χ0) is 34.1. The van der Waals surface area contributed by atoms with Gasteiger partial charge in [0.1, 0.15) is 0 Å². The van der Waals surface area contributed by atoms with E-state index in [0.29, 0.717) is 50.0 Å². The van der Waals surface area contributed by atoms with Crippen LogP contribution in [0.1, 0.15) is 82.8 Å². The Hall–Kier alpha value is -2.48. The van der Waals surface area contributed by atoms with E-state index in [4.69, 9.17) is 4.74 Å². The van der Waals surface area contributed by atoms with Crippen LogP contribution in [0.4, 0.5) is 5.69 Å². The molecule has 6 rings (SSSR count). The first kappa shape index (κ1) is 35.3. The van der Waals surface area contributed by atoms with Crippen molar-refractivity contribution in [2.75, 3.05) is 58.3 Å². The van der Waals surface area contributed by atoms with Gasteiger partial charge in [0.15, 0.2) is 5.85 Å². The zero-order valence-corrected chi connectivity index (χ0v) is 30.3. The highest BCUT2D eigenvalue weighted by atomic mass is 16.5. The number of likely N-dealkylation sites (N-methyl/N-ethyl adjacent to an activating group) is 1. The summed E-state index contributed by atoms with van der Waals surface area (Å²) < 4.78 is 7.29. The van der Waals surface area contributed by atoms with E-state index in [-0.39, 0.29) is 23.5 Å². The van der Waals surface area contributed by atoms with Crippen molar-refractivity contribution in [1.82, 2.24) is 25.3 Å². The molecule has 4 aliphatic heterocycles. The summed E-state index contributed by atoms with van der Waals surface area (Å²) in [7, 11) is 4.51. The lowest BCUT2D eigenvalue weighted by Crippen LogP contribution is -2.80. The molecule has 0 bridgehead atoms. The first-order valence-corrected chi connectivity index (χ1v) is 18.9. The summed E-state index contributed by atoms with van der Waals surface area (Å²) in [5.41, 5.74) is 4.41. The van der Waals surface area contributed by atoms with Gasteiger partial charge < -0.3 is 19.4 Å². The van der Waals surface area contributed by atoms with Gasteiger partial charge in [-0.1, -0.05) is 44.5 Å². The number of hydrogen-bond acceptors (Lipinski definition) is 8. The lowest BCUT2D eigenvalue weighted by Gasteiger charge is -2.61. The van der Waals surface area contributed by atoms with Crippen molar-refractivity contribution in [2.45, 2.75) is 115 Å². The van der Waals surface area contributed by atoms with Gasteiger partial charge in [0.2, 0.25) is 5.91 Å². The lowest BCUT2D eigenvalue weighted by molar-refractivity contribution is -0.208. The Bertz CT molecular complexity index is 1350. The van der Waals surface area contributed by atoms with Crippen molar-refractivity contribution in [1.29, 1.82) is 5.26 Å². The fourth-order valence-electron chi connectivity index (χ4n) is 10.2. The van der Waals surface area contributed by atoms with E-state index in [9.17, 15) is 10.1 Å². The molecule has 7 unspecified atom stereocenters. The normalized spacial score (nSPS) is 34.8. The SMILES string of the molecule is C=CC(=O)N1CCN(C2NC(OCC3CCCN3C)(C(CC)CCC)NC3C[C@]4(CCC32)Cc2cc(C)ccc2N(C)C4)CC1CC#N. The van der Waals surface area contributed by atoms with Crippen molar-refractivity contribution in [3.05, 3.63) is 42.0 Å². The summed E-state index contributed by atoms with van der Waals surface area (Å²) in [5.74, 6) is -0.0115. The summed E-state index contributed by atoms with van der Waals surface area (Å²) in [6.07, 6.45) is 12.0. The number of piperazine rings is 1. The van der Waals surface area contributed by atoms with Crippen LogP contribution in [0, 0.1) is 35.5 Å². The summed E-state index contributed by atoms with van der Waals surface area (Å²) in [6.45, 7) is 15.6. The molecule has 0 radical (unpaired) electrons. The third-order valence-corrected chi connectivity index (χ3v) is 12.7. The quantitative estimate of drug-likeness (QED) is 0.345. The highest BCUT2D eigenvalue weighted by Crippen LogP contribution is 2.50. The van der Waals surface area contributed by atoms with Gasteiger partial charge in [0, 0.05) is 62.8 Å². The van der Waals surface area contributed by atoms with Crippen LogP contribution in [-0.4, -0.2) is 104 Å². The Morgan fingerprint density at radius 2 is 2.02 bits per heavy atom. The number of nitrogens with zero attached hydrogens (tertiary/aromatic N) is 5. The third-order valence-electron chi connectivity index (χ3n) is 12.7. The molecule has 9 heteroatoms. The van der Waals surface area contributed by atoms with Crippen LogP contribution in [0.2, 0.25) is 0 Å². The minimum absolute atomic E-state index is 0.0741. The van der Waals surface area contributed by atoms with E-state index < -0.39 is 5.85 Å². The van der Waals surface area contributed by atoms with E-state index in [2.05, 4.69) is 91.0 Å². The number of likely N-dealkylation sites (tertiary alicyclic amines) is 1. The maximum atomic E-state index is 12.8. The number of ether oxygens (including phenoxy) is 1. The topological polar surface area (TPSA) is 87.1 Å². The second-order valence-electron chi connectivity index (χ2n) is 15.9. The van der Waals surface area contributed by atoms with Gasteiger partial charge in [0.25, 0.3) is 0 Å². The molecule has 2 N–H and O–H groups in total. The molecule has 1 aliphatic carbocycles. The van der Waals surface area contributed by atoms with E-state index in [1.807, 2.05) is 4.90 Å². The molecule has 1 spiro atoms. The number of hydrogen-bond donors (Lipinski definition) is 2. The molecule has 1 amide bonds. The predicted molar refractivity (Wildman–Crippen MR) is 192 cm³/mol. The number of anilines is 1. The zero-order valence-electron chi connectivity index (χ0n) is 30.3. The number of aryl methyl sites for hydroxylation is 1. The smallest absolute Gasteiger partial charge is 0.246 e. The molecule has 48 heavy (non-hydrogen) atoms. The van der Waals surface area contributed by atoms with Gasteiger partial charge in [-0.25, -0.2) is 0 Å². The molecule has 8 atom stereocenters. The predicted octanol–water partition coefficient (Wildman–Crippen LogP) is 4.86. The Kier molecular flexibility index (Phi) is 10.9. The minimum Gasteiger partial charge on any atom is -0.374 e. The summed E-state index contributed by atoms with van der Waals surface area (Å²) in [6, 6.07) is 9.92. The average Bonchev–Trinajstić information content (AvgIpc) is 3.49. The van der Waals surface area contributed by atoms with E-state index in [0.717, 1.165) is 58.2 Å². The molecular weight excluding hydrogens is 598 g/mol. The summed E-state index contributed by atoms with van der Waals surface area (Å²) in [4.78, 5) is 22.2. The average molecular weight is 660 g/mol. The molecule has 5 aliphatic rings. The van der Waals surface area contributed by atoms with Crippen molar-refractivity contribution >= 4 is 11.6 Å². The van der Waals surface area contributed by atoms with E-state index >= 15 is 0 Å². The Balaban J connectivity index is 1.35. The molecule has 264 valence electrons. The number of rotatable bonds is 10. The summed E-state index contributed by atoms with van der Waals surface area (Å²) in [5, 5.41) is 18.3. The van der Waals surface area contributed by atoms with Crippen LogP contribution in [0.15, 0.2) is 30.9 Å². The molecule has 0 aromatic heterocycles. The second kappa shape index (κ2) is 14.8. The molecule has 9 nitrogen and oxygen atoms in total. The maximum absolute atomic E-state index is 12.8. The number of carbonyl (C=O) groups excluding carboxylic acids is 1. The van der Waals surface area contributed by atoms with Gasteiger partial charge in [-0.15, -0.1) is 0 Å². The fourth-order valence-corrected chi connectivity index (χ4v) is 10.2. The summed E-state index contributed by atoms with van der Waals surface area (Å²) >= 11 is 0. The van der Waals surface area contributed by atoms with Crippen molar-refractivity contribution in [3.63, 3.8) is 0 Å². The number of carbonyl (C=O) groups is 1. The van der Waals surface area contributed by atoms with Crippen molar-refractivity contribution < 1.29 is 9.53 Å². The van der Waals surface area contributed by atoms with Crippen molar-refractivity contribution in [2.24, 2.45) is 17.3 Å². The molecule has 1 aromatic carbocycles. The third kappa shape index (κ3) is 6.93. The number of amides is 1. The fraction of sp³-hybridized carbons (Fsp3) is 0.744. The number of fused-ring (bicyclic) bond motifs is 2. The van der Waals surface area contributed by atoms with Crippen LogP contribution in [0.25, 0.3) is 0 Å². The largest absolute Gasteiger partial charge is 0.374 e. The van der Waals surface area contributed by atoms with Crippen LogP contribution >= 0.6 is 0 Å². The Morgan fingerprint density at radius 1 is 1.19 bits per heavy atom. The van der Waals surface area contributed by atoms with Gasteiger partial charge in [0.05, 0.1) is 31.3 Å². The lowest BCUT2D eigenvalue weighted by atomic mass is 9.62. The highest BCUT2D eigenvalue weighted by Gasteiger charge is 2.56. The van der Waals surface area contributed by atoms with Gasteiger partial charge >= 0.3 is 0 Å². The van der Waals surface area contributed by atoms with Gasteiger partial charge in [-0.2, -0.15) is 5.26 Å². The Labute approximate surface area is 290 Å². The molecule has 4 fully saturated rings. The second-order valence-corrected chi connectivity index (χ2v) is 15.9. The maximum Gasteiger partial charge on any atom is 0.246 e. The Morgan fingerprint density at radius 3 is 2.73 bits per heavy atom. The minimum atomic E-state index is -0.646. The number of nitriles is 1. The molecule has 4 heterocycles. The molecule has 3 saturated heterocycles. The highest BCUT2D eigenvalue weighted by molar-refractivity contribution is 5.87. The van der Waals surface area contributed by atoms with Crippen LogP contribution in [-0.2, 0) is 16.0 Å². The standard InChI is InChI=1S/C39H61N7O2/c1-7-11-30(8-2)39(48-26-32-12-10-19-43(32)5)41-34-24-38(23-29-22-28(4)13-14-35(29)44(6)27-38)17-15-33(34)37(42-39)45-20-21-46(36(47)9-3)31(25-45)16-18-40/h9,13-14,22,30-34,37,41-42H,3,7-8,10-12,15-17,19-21,23-27H2,1-2,4-6H3/t30?,31?,32?,33?,34?,37?,38-,39?/m0/s1.